The average Bonchev–Trinajstić information content (AvgIpc) is 2.18. The molecule has 0 aromatic carbocycles. The average molecular weight is 206 g/mol. The molecule has 0 unspecified atom stereocenters. The molecule has 0 saturated carbocycles. The van der Waals surface area contributed by atoms with Gasteiger partial charge in [0.2, 0.25) is 0 Å². The Bertz CT molecular complexity index is 258. The zero-order valence-electron chi connectivity index (χ0n) is 9.92. The van der Waals surface area contributed by atoms with Crippen molar-refractivity contribution in [2.24, 2.45) is 0 Å². The molecule has 1 saturated heterocycles. The highest BCUT2D eigenvalue weighted by Gasteiger charge is 2.09. The zero-order valence-corrected chi connectivity index (χ0v) is 9.92. The van der Waals surface area contributed by atoms with E-state index in [0.29, 0.717) is 0 Å². The summed E-state index contributed by atoms with van der Waals surface area (Å²) < 4.78 is 0. The minimum Gasteiger partial charge on any atom is -0.314 e. The van der Waals surface area contributed by atoms with E-state index in [2.05, 4.69) is 41.9 Å². The lowest BCUT2D eigenvalue weighted by molar-refractivity contribution is 0.261. The van der Waals surface area contributed by atoms with Crippen LogP contribution in [0.5, 0.6) is 0 Å². The predicted molar refractivity (Wildman–Crippen MR) is 67.0 cm³/mol. The van der Waals surface area contributed by atoms with Gasteiger partial charge in [0, 0.05) is 32.7 Å². The van der Waals surface area contributed by atoms with Gasteiger partial charge >= 0.3 is 0 Å². The van der Waals surface area contributed by atoms with Crippen molar-refractivity contribution in [3.8, 4) is 0 Å². The highest BCUT2D eigenvalue weighted by atomic mass is 15.2. The van der Waals surface area contributed by atoms with E-state index in [9.17, 15) is 0 Å². The van der Waals surface area contributed by atoms with Gasteiger partial charge in [-0.05, 0) is 19.4 Å². The van der Waals surface area contributed by atoms with E-state index in [4.69, 9.17) is 0 Å². The molecular weight excluding hydrogens is 184 g/mol. The van der Waals surface area contributed by atoms with Gasteiger partial charge in [0.05, 0.1) is 0 Å². The summed E-state index contributed by atoms with van der Waals surface area (Å²) in [6.07, 6.45) is 6.44. The summed E-state index contributed by atoms with van der Waals surface area (Å²) in [4.78, 5) is 2.48. The van der Waals surface area contributed by atoms with Gasteiger partial charge in [0.15, 0.2) is 0 Å². The lowest BCUT2D eigenvalue weighted by Gasteiger charge is -2.27. The Hall–Kier alpha value is -0.860. The molecule has 0 spiro atoms. The second kappa shape index (κ2) is 6.59. The number of nitrogens with zero attached hydrogens (tertiary/aromatic N) is 1. The molecule has 84 valence electrons. The second-order valence-electron chi connectivity index (χ2n) is 4.09. The first-order valence-electron chi connectivity index (χ1n) is 5.64. The first-order valence-corrected chi connectivity index (χ1v) is 5.64. The molecule has 1 rings (SSSR count). The fourth-order valence-corrected chi connectivity index (χ4v) is 1.80. The van der Waals surface area contributed by atoms with E-state index >= 15 is 0 Å². The molecule has 2 heteroatoms. The van der Waals surface area contributed by atoms with Gasteiger partial charge in [-0.25, -0.2) is 0 Å². The molecule has 0 radical (unpaired) electrons. The van der Waals surface area contributed by atoms with Crippen LogP contribution < -0.4 is 5.32 Å². The summed E-state index contributed by atoms with van der Waals surface area (Å²) in [6, 6.07) is 0. The topological polar surface area (TPSA) is 15.3 Å². The lowest BCUT2D eigenvalue weighted by Crippen LogP contribution is -2.44. The fraction of sp³-hybridized carbons (Fsp3) is 0.538. The van der Waals surface area contributed by atoms with Crippen molar-refractivity contribution in [3.05, 3.63) is 36.0 Å². The highest BCUT2D eigenvalue weighted by molar-refractivity contribution is 5.28. The van der Waals surface area contributed by atoms with Gasteiger partial charge in [0.25, 0.3) is 0 Å². The number of piperazine rings is 1. The Labute approximate surface area is 93.4 Å². The number of hydrogen-bond acceptors (Lipinski definition) is 2. The van der Waals surface area contributed by atoms with Crippen LogP contribution in [0.15, 0.2) is 36.0 Å². The molecule has 15 heavy (non-hydrogen) atoms. The van der Waals surface area contributed by atoms with E-state index in [1.54, 1.807) is 0 Å². The second-order valence-corrected chi connectivity index (χ2v) is 4.09. The molecule has 0 atom stereocenters. The van der Waals surface area contributed by atoms with E-state index < -0.39 is 0 Å². The van der Waals surface area contributed by atoms with Gasteiger partial charge in [-0.1, -0.05) is 30.4 Å². The molecule has 1 fully saturated rings. The van der Waals surface area contributed by atoms with Crippen LogP contribution in [-0.4, -0.2) is 37.6 Å². The third-order valence-corrected chi connectivity index (χ3v) is 2.43. The van der Waals surface area contributed by atoms with Gasteiger partial charge in [-0.3, -0.25) is 4.90 Å². The van der Waals surface area contributed by atoms with Crippen LogP contribution in [0, 0.1) is 0 Å². The standard InChI is InChI=1S/C13H22N2/c1-4-5-13(10-12(2)3)11-15-8-6-14-7-9-15/h4-5,10,14H,2,6-9,11H2,1,3H3/b5-4-,13-10+. The van der Waals surface area contributed by atoms with Gasteiger partial charge in [-0.2, -0.15) is 0 Å². The number of nitrogens with one attached hydrogen (secondary N) is 1. The van der Waals surface area contributed by atoms with Gasteiger partial charge in [-0.15, -0.1) is 0 Å². The third-order valence-electron chi connectivity index (χ3n) is 2.43. The summed E-state index contributed by atoms with van der Waals surface area (Å²) in [5.74, 6) is 0. The van der Waals surface area contributed by atoms with Gasteiger partial charge < -0.3 is 5.32 Å². The molecule has 0 aromatic rings. The van der Waals surface area contributed by atoms with Crippen LogP contribution in [0.2, 0.25) is 0 Å². The summed E-state index contributed by atoms with van der Waals surface area (Å²) in [6.45, 7) is 13.6. The van der Waals surface area contributed by atoms with E-state index in [0.717, 1.165) is 38.3 Å². The Morgan fingerprint density at radius 3 is 2.60 bits per heavy atom. The number of rotatable bonds is 4. The maximum Gasteiger partial charge on any atom is 0.0234 e. The Morgan fingerprint density at radius 2 is 2.07 bits per heavy atom. The summed E-state index contributed by atoms with van der Waals surface area (Å²) >= 11 is 0. The molecule has 0 aliphatic carbocycles. The first kappa shape index (κ1) is 12.2. The van der Waals surface area contributed by atoms with E-state index in [1.165, 1.54) is 5.57 Å². The number of allylic oxidation sites excluding steroid dienone is 3. The smallest absolute Gasteiger partial charge is 0.0234 e. The summed E-state index contributed by atoms with van der Waals surface area (Å²) in [5, 5.41) is 3.36. The monoisotopic (exact) mass is 206 g/mol. The molecule has 0 aromatic heterocycles. The molecule has 1 aliphatic heterocycles. The van der Waals surface area contributed by atoms with Crippen LogP contribution in [0.4, 0.5) is 0 Å². The Balaban J connectivity index is 2.53. The van der Waals surface area contributed by atoms with Crippen molar-refractivity contribution in [2.45, 2.75) is 13.8 Å². The van der Waals surface area contributed by atoms with Crippen LogP contribution in [0.3, 0.4) is 0 Å². The van der Waals surface area contributed by atoms with E-state index in [1.807, 2.05) is 6.92 Å². The largest absolute Gasteiger partial charge is 0.314 e. The first-order chi connectivity index (χ1) is 7.22. The minimum atomic E-state index is 1.04. The maximum atomic E-state index is 3.93. The van der Waals surface area contributed by atoms with Crippen molar-refractivity contribution < 1.29 is 0 Å². The third kappa shape index (κ3) is 4.96. The molecule has 2 nitrogen and oxygen atoms in total. The molecule has 0 bridgehead atoms. The maximum absolute atomic E-state index is 3.93. The Kier molecular flexibility index (Phi) is 5.37. The van der Waals surface area contributed by atoms with Crippen LogP contribution in [-0.2, 0) is 0 Å². The molecule has 1 N–H and O–H groups in total. The summed E-state index contributed by atoms with van der Waals surface area (Å²) in [7, 11) is 0. The Morgan fingerprint density at radius 1 is 1.40 bits per heavy atom. The molecular formula is C13H22N2. The van der Waals surface area contributed by atoms with Crippen LogP contribution in [0.1, 0.15) is 13.8 Å². The summed E-state index contributed by atoms with van der Waals surface area (Å²) in [5.41, 5.74) is 2.48. The van der Waals surface area contributed by atoms with E-state index in [-0.39, 0.29) is 0 Å². The normalized spacial score (nSPS) is 19.7. The quantitative estimate of drug-likeness (QED) is 0.707. The van der Waals surface area contributed by atoms with Crippen molar-refractivity contribution >= 4 is 0 Å². The highest BCUT2D eigenvalue weighted by Crippen LogP contribution is 2.06. The van der Waals surface area contributed by atoms with Crippen molar-refractivity contribution in [2.75, 3.05) is 32.7 Å². The lowest BCUT2D eigenvalue weighted by atomic mass is 10.1. The molecule has 1 heterocycles. The molecule has 1 aliphatic rings. The number of hydrogen-bond donors (Lipinski definition) is 1. The fourth-order valence-electron chi connectivity index (χ4n) is 1.80. The van der Waals surface area contributed by atoms with Crippen molar-refractivity contribution in [1.82, 2.24) is 10.2 Å². The minimum absolute atomic E-state index is 1.04. The van der Waals surface area contributed by atoms with Crippen molar-refractivity contribution in [3.63, 3.8) is 0 Å². The van der Waals surface area contributed by atoms with Crippen molar-refractivity contribution in [1.29, 1.82) is 0 Å². The SMILES string of the molecule is C=C(C)/C=C(\C=C/C)CN1CCNCC1. The van der Waals surface area contributed by atoms with Gasteiger partial charge in [0.1, 0.15) is 0 Å². The zero-order chi connectivity index (χ0) is 11.1. The van der Waals surface area contributed by atoms with Crippen LogP contribution >= 0.6 is 0 Å². The van der Waals surface area contributed by atoms with Crippen LogP contribution in [0.25, 0.3) is 0 Å². The molecule has 0 amide bonds. The predicted octanol–water partition coefficient (Wildman–Crippen LogP) is 1.97.